The van der Waals surface area contributed by atoms with Crippen LogP contribution in [0, 0.1) is 5.92 Å². The summed E-state index contributed by atoms with van der Waals surface area (Å²) in [5.74, 6) is -0.180. The first kappa shape index (κ1) is 14.0. The predicted octanol–water partition coefficient (Wildman–Crippen LogP) is 2.70. The second-order valence-electron chi connectivity index (χ2n) is 4.75. The van der Waals surface area contributed by atoms with Crippen LogP contribution in [0.15, 0.2) is 18.2 Å². The first-order valence-electron chi connectivity index (χ1n) is 6.58. The van der Waals surface area contributed by atoms with Gasteiger partial charge in [-0.3, -0.25) is 4.79 Å². The average Bonchev–Trinajstić information content (AvgIpc) is 2.39. The highest BCUT2D eigenvalue weighted by Gasteiger charge is 2.27. The zero-order valence-electron chi connectivity index (χ0n) is 11.1. The van der Waals surface area contributed by atoms with E-state index in [0.717, 1.165) is 25.1 Å². The Kier molecular flexibility index (Phi) is 4.53. The monoisotopic (exact) mass is 282 g/mol. The van der Waals surface area contributed by atoms with E-state index in [1.54, 1.807) is 6.07 Å². The molecule has 0 aliphatic carbocycles. The predicted molar refractivity (Wildman–Crippen MR) is 77.4 cm³/mol. The van der Waals surface area contributed by atoms with Crippen molar-refractivity contribution in [1.82, 2.24) is 0 Å². The topological polar surface area (TPSA) is 55.6 Å². The highest BCUT2D eigenvalue weighted by molar-refractivity contribution is 6.33. The normalized spacial score (nSPS) is 19.3. The van der Waals surface area contributed by atoms with E-state index in [9.17, 15) is 4.79 Å². The molecule has 1 aromatic carbocycles. The molecule has 0 bridgehead atoms. The van der Waals surface area contributed by atoms with Crippen LogP contribution < -0.4 is 10.6 Å². The summed E-state index contributed by atoms with van der Waals surface area (Å²) in [6, 6.07) is 5.48. The van der Waals surface area contributed by atoms with E-state index in [4.69, 9.17) is 22.1 Å². The molecule has 1 saturated heterocycles. The molecule has 1 heterocycles. The van der Waals surface area contributed by atoms with Crippen LogP contribution >= 0.6 is 11.6 Å². The zero-order chi connectivity index (χ0) is 13.8. The quantitative estimate of drug-likeness (QED) is 0.684. The van der Waals surface area contributed by atoms with Crippen LogP contribution in [0.2, 0.25) is 5.02 Å². The van der Waals surface area contributed by atoms with Gasteiger partial charge >= 0.3 is 5.97 Å². The maximum Gasteiger partial charge on any atom is 0.310 e. The number of carbonyl (C=O) groups is 1. The van der Waals surface area contributed by atoms with E-state index in [1.165, 1.54) is 0 Å². The van der Waals surface area contributed by atoms with Crippen LogP contribution in [0.4, 0.5) is 11.4 Å². The van der Waals surface area contributed by atoms with Gasteiger partial charge in [-0.1, -0.05) is 11.6 Å². The van der Waals surface area contributed by atoms with Gasteiger partial charge in [0, 0.05) is 18.8 Å². The van der Waals surface area contributed by atoms with Gasteiger partial charge in [0.1, 0.15) is 0 Å². The lowest BCUT2D eigenvalue weighted by Crippen LogP contribution is -2.39. The van der Waals surface area contributed by atoms with Gasteiger partial charge in [-0.05, 0) is 38.0 Å². The fourth-order valence-electron chi connectivity index (χ4n) is 2.43. The molecule has 0 spiro atoms. The molecule has 0 saturated carbocycles. The molecule has 104 valence electrons. The smallest absolute Gasteiger partial charge is 0.310 e. The number of anilines is 2. The maximum absolute atomic E-state index is 11.8. The Morgan fingerprint density at radius 2 is 2.37 bits per heavy atom. The number of hydrogen-bond donors (Lipinski definition) is 1. The number of nitrogens with two attached hydrogens (primary N) is 1. The lowest BCUT2D eigenvalue weighted by Gasteiger charge is -2.33. The number of esters is 1. The van der Waals surface area contributed by atoms with Crippen molar-refractivity contribution < 1.29 is 9.53 Å². The van der Waals surface area contributed by atoms with Gasteiger partial charge < -0.3 is 15.4 Å². The van der Waals surface area contributed by atoms with E-state index in [-0.39, 0.29) is 11.9 Å². The lowest BCUT2D eigenvalue weighted by molar-refractivity contribution is -0.148. The molecule has 0 unspecified atom stereocenters. The Morgan fingerprint density at radius 1 is 1.58 bits per heavy atom. The number of ether oxygens (including phenoxy) is 1. The van der Waals surface area contributed by atoms with E-state index in [2.05, 4.69) is 4.90 Å². The number of carbonyl (C=O) groups excluding carboxylic acids is 1. The Morgan fingerprint density at radius 3 is 3.05 bits per heavy atom. The highest BCUT2D eigenvalue weighted by atomic mass is 35.5. The van der Waals surface area contributed by atoms with Crippen molar-refractivity contribution in [1.29, 1.82) is 0 Å². The molecule has 4 nitrogen and oxygen atoms in total. The Labute approximate surface area is 118 Å². The first-order chi connectivity index (χ1) is 9.11. The van der Waals surface area contributed by atoms with Crippen molar-refractivity contribution in [2.24, 2.45) is 5.92 Å². The highest BCUT2D eigenvalue weighted by Crippen LogP contribution is 2.31. The van der Waals surface area contributed by atoms with E-state index in [1.807, 2.05) is 19.1 Å². The van der Waals surface area contributed by atoms with Gasteiger partial charge in [0.05, 0.1) is 23.2 Å². The molecule has 19 heavy (non-hydrogen) atoms. The minimum absolute atomic E-state index is 0.0673. The molecule has 1 fully saturated rings. The first-order valence-corrected chi connectivity index (χ1v) is 6.96. The van der Waals surface area contributed by atoms with E-state index < -0.39 is 0 Å². The molecule has 1 aliphatic heterocycles. The molecule has 1 aliphatic rings. The van der Waals surface area contributed by atoms with Crippen LogP contribution in [-0.4, -0.2) is 25.7 Å². The molecular formula is C14H19ClN2O2. The Hall–Kier alpha value is -1.42. The second-order valence-corrected chi connectivity index (χ2v) is 5.16. The van der Waals surface area contributed by atoms with Crippen molar-refractivity contribution in [2.75, 3.05) is 30.3 Å². The van der Waals surface area contributed by atoms with E-state index >= 15 is 0 Å². The molecule has 5 heteroatoms. The van der Waals surface area contributed by atoms with Gasteiger partial charge in [-0.15, -0.1) is 0 Å². The van der Waals surface area contributed by atoms with Crippen molar-refractivity contribution in [3.63, 3.8) is 0 Å². The zero-order valence-corrected chi connectivity index (χ0v) is 11.8. The summed E-state index contributed by atoms with van der Waals surface area (Å²) in [5.41, 5.74) is 7.28. The van der Waals surface area contributed by atoms with Gasteiger partial charge in [0.25, 0.3) is 0 Å². The number of nitrogen functional groups attached to an aromatic ring is 1. The third kappa shape index (κ3) is 3.32. The van der Waals surface area contributed by atoms with Crippen molar-refractivity contribution in [3.8, 4) is 0 Å². The fourth-order valence-corrected chi connectivity index (χ4v) is 2.74. The number of halogens is 1. The maximum atomic E-state index is 11.8. The largest absolute Gasteiger partial charge is 0.466 e. The van der Waals surface area contributed by atoms with Crippen LogP contribution in [-0.2, 0) is 9.53 Å². The molecule has 2 rings (SSSR count). The summed E-state index contributed by atoms with van der Waals surface area (Å²) in [7, 11) is 0. The SMILES string of the molecule is CCOC(=O)[C@@H]1CCCN(c2ccc(N)cc2Cl)C1. The van der Waals surface area contributed by atoms with Gasteiger partial charge in [0.15, 0.2) is 0 Å². The summed E-state index contributed by atoms with van der Waals surface area (Å²) in [4.78, 5) is 13.9. The van der Waals surface area contributed by atoms with Crippen molar-refractivity contribution in [3.05, 3.63) is 23.2 Å². The molecule has 0 radical (unpaired) electrons. The van der Waals surface area contributed by atoms with Gasteiger partial charge in [-0.25, -0.2) is 0 Å². The van der Waals surface area contributed by atoms with Crippen LogP contribution in [0.5, 0.6) is 0 Å². The van der Waals surface area contributed by atoms with E-state index in [0.29, 0.717) is 23.9 Å². The number of piperidine rings is 1. The minimum atomic E-state index is -0.112. The molecule has 1 aromatic rings. The summed E-state index contributed by atoms with van der Waals surface area (Å²) in [6.07, 6.45) is 1.84. The third-order valence-corrected chi connectivity index (χ3v) is 3.66. The van der Waals surface area contributed by atoms with Crippen LogP contribution in [0.25, 0.3) is 0 Å². The van der Waals surface area contributed by atoms with Gasteiger partial charge in [-0.2, -0.15) is 0 Å². The van der Waals surface area contributed by atoms with Crippen molar-refractivity contribution >= 4 is 28.9 Å². The summed E-state index contributed by atoms with van der Waals surface area (Å²) in [5, 5.41) is 0.629. The number of hydrogen-bond acceptors (Lipinski definition) is 4. The number of nitrogens with zero attached hydrogens (tertiary/aromatic N) is 1. The molecule has 1 atom stereocenters. The van der Waals surface area contributed by atoms with Gasteiger partial charge in [0.2, 0.25) is 0 Å². The summed E-state index contributed by atoms with van der Waals surface area (Å²) < 4.78 is 5.10. The Balaban J connectivity index is 2.10. The fraction of sp³-hybridized carbons (Fsp3) is 0.500. The summed E-state index contributed by atoms with van der Waals surface area (Å²) >= 11 is 6.21. The second kappa shape index (κ2) is 6.15. The lowest BCUT2D eigenvalue weighted by atomic mass is 9.97. The Bertz CT molecular complexity index is 465. The summed E-state index contributed by atoms with van der Waals surface area (Å²) in [6.45, 7) is 3.81. The average molecular weight is 283 g/mol. The molecular weight excluding hydrogens is 264 g/mol. The standard InChI is InChI=1S/C14H19ClN2O2/c1-2-19-14(18)10-4-3-7-17(9-10)13-6-5-11(16)8-12(13)15/h5-6,8,10H,2-4,7,9,16H2,1H3/t10-/m1/s1. The van der Waals surface area contributed by atoms with Crippen LogP contribution in [0.3, 0.4) is 0 Å². The molecule has 2 N–H and O–H groups in total. The number of benzene rings is 1. The molecule has 0 amide bonds. The third-order valence-electron chi connectivity index (χ3n) is 3.35. The molecule has 0 aromatic heterocycles. The van der Waals surface area contributed by atoms with Crippen LogP contribution in [0.1, 0.15) is 19.8 Å². The number of rotatable bonds is 3. The van der Waals surface area contributed by atoms with Crippen molar-refractivity contribution in [2.45, 2.75) is 19.8 Å². The minimum Gasteiger partial charge on any atom is -0.466 e.